The highest BCUT2D eigenvalue weighted by atomic mass is 79.9. The van der Waals surface area contributed by atoms with Crippen LogP contribution in [0.5, 0.6) is 0 Å². The molecule has 0 aromatic heterocycles. The minimum absolute atomic E-state index is 0.0299. The van der Waals surface area contributed by atoms with Crippen LogP contribution in [-0.4, -0.2) is 19.0 Å². The molecule has 1 aliphatic rings. The van der Waals surface area contributed by atoms with Crippen molar-refractivity contribution in [2.45, 2.75) is 12.8 Å². The Hall–Kier alpha value is -1.45. The Morgan fingerprint density at radius 3 is 2.00 bits per heavy atom. The summed E-state index contributed by atoms with van der Waals surface area (Å²) >= 11 is 3.45. The molecule has 21 heavy (non-hydrogen) atoms. The average Bonchev–Trinajstić information content (AvgIpc) is 2.43. The summed E-state index contributed by atoms with van der Waals surface area (Å²) in [6.45, 7) is 3.06. The molecular weight excluding hydrogens is 328 g/mol. The van der Waals surface area contributed by atoms with E-state index in [1.165, 1.54) is 11.1 Å². The molecular formula is C18H17BrO2. The second kappa shape index (κ2) is 6.12. The molecule has 2 nitrogen and oxygen atoms in total. The summed E-state index contributed by atoms with van der Waals surface area (Å²) in [5, 5.41) is 0. The summed E-state index contributed by atoms with van der Waals surface area (Å²) in [7, 11) is 0. The Labute approximate surface area is 133 Å². The Morgan fingerprint density at radius 2 is 1.57 bits per heavy atom. The highest BCUT2D eigenvalue weighted by Gasteiger charge is 2.32. The predicted octanol–water partition coefficient (Wildman–Crippen LogP) is 4.44. The molecule has 1 unspecified atom stereocenters. The third-order valence-corrected chi connectivity index (χ3v) is 4.55. The number of ether oxygens (including phenoxy) is 1. The minimum Gasteiger partial charge on any atom is -0.381 e. The SMILES string of the molecule is CC(=O)C(c1ccc(-c2ccc(Br)cc2)cc1)C1COC1. The van der Waals surface area contributed by atoms with Crippen LogP contribution in [0.25, 0.3) is 11.1 Å². The Balaban J connectivity index is 1.85. The molecule has 2 aromatic carbocycles. The van der Waals surface area contributed by atoms with Gasteiger partial charge in [0, 0.05) is 16.3 Å². The molecule has 0 spiro atoms. The zero-order chi connectivity index (χ0) is 14.8. The van der Waals surface area contributed by atoms with Crippen LogP contribution < -0.4 is 0 Å². The predicted molar refractivity (Wildman–Crippen MR) is 87.3 cm³/mol. The Morgan fingerprint density at radius 1 is 1.05 bits per heavy atom. The van der Waals surface area contributed by atoms with Gasteiger partial charge in [0.2, 0.25) is 0 Å². The molecule has 0 radical (unpaired) electrons. The van der Waals surface area contributed by atoms with Gasteiger partial charge in [-0.3, -0.25) is 4.79 Å². The van der Waals surface area contributed by atoms with Crippen LogP contribution in [0.15, 0.2) is 53.0 Å². The topological polar surface area (TPSA) is 26.3 Å². The van der Waals surface area contributed by atoms with E-state index in [4.69, 9.17) is 4.74 Å². The number of halogens is 1. The average molecular weight is 345 g/mol. The van der Waals surface area contributed by atoms with E-state index in [1.807, 2.05) is 12.1 Å². The van der Waals surface area contributed by atoms with Crippen molar-refractivity contribution in [2.24, 2.45) is 5.92 Å². The number of hydrogen-bond acceptors (Lipinski definition) is 2. The van der Waals surface area contributed by atoms with Crippen molar-refractivity contribution in [1.82, 2.24) is 0 Å². The van der Waals surface area contributed by atoms with Crippen molar-refractivity contribution in [3.05, 3.63) is 58.6 Å². The number of ketones is 1. The molecule has 1 saturated heterocycles. The van der Waals surface area contributed by atoms with Crippen molar-refractivity contribution in [2.75, 3.05) is 13.2 Å². The second-order valence-electron chi connectivity index (χ2n) is 5.51. The summed E-state index contributed by atoms with van der Waals surface area (Å²) < 4.78 is 6.31. The number of carbonyl (C=O) groups is 1. The summed E-state index contributed by atoms with van der Waals surface area (Å²) in [5.74, 6) is 0.526. The molecule has 1 fully saturated rings. The first-order chi connectivity index (χ1) is 10.1. The molecule has 1 aliphatic heterocycles. The van der Waals surface area contributed by atoms with Crippen LogP contribution in [0.4, 0.5) is 0 Å². The lowest BCUT2D eigenvalue weighted by Crippen LogP contribution is -2.36. The van der Waals surface area contributed by atoms with E-state index >= 15 is 0 Å². The van der Waals surface area contributed by atoms with E-state index in [9.17, 15) is 4.79 Å². The fourth-order valence-corrected chi connectivity index (χ4v) is 3.07. The maximum absolute atomic E-state index is 11.9. The van der Waals surface area contributed by atoms with Gasteiger partial charge in [-0.05, 0) is 35.7 Å². The van der Waals surface area contributed by atoms with Gasteiger partial charge in [0.1, 0.15) is 5.78 Å². The molecule has 1 atom stereocenters. The fraction of sp³-hybridized carbons (Fsp3) is 0.278. The zero-order valence-electron chi connectivity index (χ0n) is 11.9. The number of rotatable bonds is 4. The Kier molecular flexibility index (Phi) is 4.22. The molecule has 2 aromatic rings. The lowest BCUT2D eigenvalue weighted by atomic mass is 9.82. The molecule has 0 saturated carbocycles. The van der Waals surface area contributed by atoms with Crippen molar-refractivity contribution < 1.29 is 9.53 Å². The lowest BCUT2D eigenvalue weighted by molar-refractivity contribution is -0.125. The van der Waals surface area contributed by atoms with E-state index in [0.29, 0.717) is 19.1 Å². The van der Waals surface area contributed by atoms with Gasteiger partial charge in [0.05, 0.1) is 13.2 Å². The molecule has 0 aliphatic carbocycles. The molecule has 0 bridgehead atoms. The zero-order valence-corrected chi connectivity index (χ0v) is 13.5. The molecule has 3 heteroatoms. The van der Waals surface area contributed by atoms with E-state index in [-0.39, 0.29) is 11.7 Å². The van der Waals surface area contributed by atoms with Crippen LogP contribution in [0.3, 0.4) is 0 Å². The monoisotopic (exact) mass is 344 g/mol. The van der Waals surface area contributed by atoms with E-state index in [0.717, 1.165) is 10.0 Å². The first kappa shape index (κ1) is 14.5. The smallest absolute Gasteiger partial charge is 0.137 e. The summed E-state index contributed by atoms with van der Waals surface area (Å²) in [4.78, 5) is 11.9. The van der Waals surface area contributed by atoms with Crippen LogP contribution in [0.2, 0.25) is 0 Å². The molecule has 0 N–H and O–H groups in total. The highest BCUT2D eigenvalue weighted by molar-refractivity contribution is 9.10. The van der Waals surface area contributed by atoms with Crippen LogP contribution in [-0.2, 0) is 9.53 Å². The Bertz CT molecular complexity index is 627. The van der Waals surface area contributed by atoms with Crippen LogP contribution >= 0.6 is 15.9 Å². The van der Waals surface area contributed by atoms with Gasteiger partial charge in [0.15, 0.2) is 0 Å². The molecule has 1 heterocycles. The number of carbonyl (C=O) groups excluding carboxylic acids is 1. The van der Waals surface area contributed by atoms with Crippen molar-refractivity contribution in [3.63, 3.8) is 0 Å². The molecule has 3 rings (SSSR count). The molecule has 108 valence electrons. The first-order valence-electron chi connectivity index (χ1n) is 7.09. The van der Waals surface area contributed by atoms with E-state index in [1.54, 1.807) is 6.92 Å². The number of benzene rings is 2. The normalized spacial score (nSPS) is 16.3. The van der Waals surface area contributed by atoms with Crippen LogP contribution in [0, 0.1) is 5.92 Å². The highest BCUT2D eigenvalue weighted by Crippen LogP contribution is 2.32. The van der Waals surface area contributed by atoms with Gasteiger partial charge >= 0.3 is 0 Å². The fourth-order valence-electron chi connectivity index (χ4n) is 2.81. The van der Waals surface area contributed by atoms with Gasteiger partial charge in [-0.25, -0.2) is 0 Å². The van der Waals surface area contributed by atoms with Crippen molar-refractivity contribution >= 4 is 21.7 Å². The minimum atomic E-state index is -0.0299. The maximum atomic E-state index is 11.9. The largest absolute Gasteiger partial charge is 0.381 e. The van der Waals surface area contributed by atoms with Crippen molar-refractivity contribution in [3.8, 4) is 11.1 Å². The van der Waals surface area contributed by atoms with Gasteiger partial charge in [-0.2, -0.15) is 0 Å². The standard InChI is InChI=1S/C18H17BrO2/c1-12(20)18(16-10-21-11-16)15-4-2-13(3-5-15)14-6-8-17(19)9-7-14/h2-9,16,18H,10-11H2,1H3. The van der Waals surface area contributed by atoms with Gasteiger partial charge < -0.3 is 4.74 Å². The quantitative estimate of drug-likeness (QED) is 0.819. The van der Waals surface area contributed by atoms with E-state index < -0.39 is 0 Å². The lowest BCUT2D eigenvalue weighted by Gasteiger charge is -2.32. The summed E-state index contributed by atoms with van der Waals surface area (Å²) in [6.07, 6.45) is 0. The van der Waals surface area contributed by atoms with Crippen LogP contribution in [0.1, 0.15) is 18.4 Å². The summed E-state index contributed by atoms with van der Waals surface area (Å²) in [6, 6.07) is 16.6. The summed E-state index contributed by atoms with van der Waals surface area (Å²) in [5.41, 5.74) is 3.44. The third kappa shape index (κ3) is 3.09. The number of hydrogen-bond donors (Lipinski definition) is 0. The molecule has 0 amide bonds. The van der Waals surface area contributed by atoms with Gasteiger partial charge in [0.25, 0.3) is 0 Å². The van der Waals surface area contributed by atoms with Crippen molar-refractivity contribution in [1.29, 1.82) is 0 Å². The third-order valence-electron chi connectivity index (χ3n) is 4.02. The second-order valence-corrected chi connectivity index (χ2v) is 6.43. The van der Waals surface area contributed by atoms with Gasteiger partial charge in [-0.1, -0.05) is 52.3 Å². The van der Waals surface area contributed by atoms with Gasteiger partial charge in [-0.15, -0.1) is 0 Å². The van der Waals surface area contributed by atoms with E-state index in [2.05, 4.69) is 52.3 Å². The maximum Gasteiger partial charge on any atom is 0.137 e. The first-order valence-corrected chi connectivity index (χ1v) is 7.88. The number of Topliss-reactive ketones (excluding diaryl/α,β-unsaturated/α-hetero) is 1.